The number of carbonyl (C=O) groups is 3. The Morgan fingerprint density at radius 1 is 0.879 bits per heavy atom. The summed E-state index contributed by atoms with van der Waals surface area (Å²) in [6.07, 6.45) is 1.41. The van der Waals surface area contributed by atoms with E-state index in [2.05, 4.69) is 9.97 Å². The normalized spacial score (nSPS) is 13.2. The monoisotopic (exact) mass is 449 g/mol. The first-order valence-corrected chi connectivity index (χ1v) is 11.1. The van der Waals surface area contributed by atoms with E-state index >= 15 is 0 Å². The molecule has 0 radical (unpaired) electrons. The number of nitrogens with zero attached hydrogens (tertiary/aromatic N) is 3. The van der Waals surface area contributed by atoms with Gasteiger partial charge in [0, 0.05) is 23.6 Å². The number of ketones is 2. The van der Waals surface area contributed by atoms with E-state index in [1.807, 2.05) is 54.6 Å². The van der Waals surface area contributed by atoms with E-state index in [9.17, 15) is 14.4 Å². The third-order valence-corrected chi connectivity index (χ3v) is 6.71. The van der Waals surface area contributed by atoms with E-state index in [1.165, 1.54) is 28.9 Å². The van der Waals surface area contributed by atoms with Crippen molar-refractivity contribution in [3.63, 3.8) is 0 Å². The summed E-state index contributed by atoms with van der Waals surface area (Å²) in [4.78, 5) is 48.4. The van der Waals surface area contributed by atoms with E-state index in [0.717, 1.165) is 21.3 Å². The summed E-state index contributed by atoms with van der Waals surface area (Å²) in [5.74, 6) is -0.791. The summed E-state index contributed by atoms with van der Waals surface area (Å²) < 4.78 is 1.35. The van der Waals surface area contributed by atoms with Crippen LogP contribution in [0.15, 0.2) is 72.3 Å². The SMILES string of the molecule is CC(=O)n1c(C=C2C(=O)c3cc4ccccc4cc3C2=O)nc2sc(-c3ccccc3)nc21. The maximum Gasteiger partial charge on any atom is 0.230 e. The maximum absolute atomic E-state index is 13.1. The van der Waals surface area contributed by atoms with Gasteiger partial charge >= 0.3 is 0 Å². The molecule has 0 fully saturated rings. The number of allylic oxidation sites excluding steroid dienone is 1. The Morgan fingerprint density at radius 3 is 2.09 bits per heavy atom. The number of fused-ring (bicyclic) bond motifs is 3. The van der Waals surface area contributed by atoms with Crippen LogP contribution in [0.4, 0.5) is 0 Å². The first-order valence-electron chi connectivity index (χ1n) is 10.3. The van der Waals surface area contributed by atoms with Crippen molar-refractivity contribution in [2.45, 2.75) is 6.92 Å². The van der Waals surface area contributed by atoms with Gasteiger partial charge in [-0.2, -0.15) is 0 Å². The topological polar surface area (TPSA) is 81.9 Å². The number of rotatable bonds is 2. The molecule has 6 nitrogen and oxygen atoms in total. The quantitative estimate of drug-likeness (QED) is 0.265. The van der Waals surface area contributed by atoms with Gasteiger partial charge in [0.1, 0.15) is 10.8 Å². The molecule has 1 aliphatic carbocycles. The number of benzene rings is 3. The number of aromatic nitrogens is 3. The number of hydrogen-bond donors (Lipinski definition) is 0. The zero-order valence-corrected chi connectivity index (χ0v) is 18.2. The zero-order chi connectivity index (χ0) is 22.7. The molecule has 3 aromatic carbocycles. The lowest BCUT2D eigenvalue weighted by molar-refractivity contribution is 0.0935. The van der Waals surface area contributed by atoms with Gasteiger partial charge < -0.3 is 0 Å². The molecule has 5 aromatic rings. The molecule has 158 valence electrons. The third kappa shape index (κ3) is 2.97. The van der Waals surface area contributed by atoms with Crippen LogP contribution in [-0.2, 0) is 0 Å². The Kier molecular flexibility index (Phi) is 4.21. The van der Waals surface area contributed by atoms with Crippen molar-refractivity contribution in [2.75, 3.05) is 0 Å². The third-order valence-electron chi connectivity index (χ3n) is 5.72. The highest BCUT2D eigenvalue weighted by Crippen LogP contribution is 2.34. The van der Waals surface area contributed by atoms with Crippen molar-refractivity contribution in [3.05, 3.63) is 89.3 Å². The minimum atomic E-state index is -0.361. The molecule has 0 saturated heterocycles. The van der Waals surface area contributed by atoms with E-state index in [-0.39, 0.29) is 28.9 Å². The largest absolute Gasteiger partial charge is 0.288 e. The van der Waals surface area contributed by atoms with Crippen LogP contribution >= 0.6 is 11.3 Å². The van der Waals surface area contributed by atoms with Crippen molar-refractivity contribution in [2.24, 2.45) is 0 Å². The van der Waals surface area contributed by atoms with E-state index in [1.54, 1.807) is 12.1 Å². The first-order chi connectivity index (χ1) is 16.0. The Morgan fingerprint density at radius 2 is 1.48 bits per heavy atom. The lowest BCUT2D eigenvalue weighted by Crippen LogP contribution is -2.10. The number of Topliss-reactive ketones (excluding diaryl/α,β-unsaturated/α-hetero) is 2. The fraction of sp³-hybridized carbons (Fsp3) is 0.0385. The predicted molar refractivity (Wildman–Crippen MR) is 128 cm³/mol. The second kappa shape index (κ2) is 7.15. The van der Waals surface area contributed by atoms with E-state index in [0.29, 0.717) is 21.6 Å². The zero-order valence-electron chi connectivity index (χ0n) is 17.4. The van der Waals surface area contributed by atoms with Gasteiger partial charge in [0.25, 0.3) is 0 Å². The van der Waals surface area contributed by atoms with Crippen LogP contribution in [0.2, 0.25) is 0 Å². The van der Waals surface area contributed by atoms with Gasteiger partial charge in [-0.1, -0.05) is 65.9 Å². The molecule has 0 amide bonds. The molecule has 2 heterocycles. The summed E-state index contributed by atoms with van der Waals surface area (Å²) in [7, 11) is 0. The van der Waals surface area contributed by atoms with Crippen LogP contribution < -0.4 is 0 Å². The number of carbonyl (C=O) groups excluding carboxylic acids is 3. The molecule has 0 bridgehead atoms. The molecule has 0 spiro atoms. The lowest BCUT2D eigenvalue weighted by atomic mass is 10.0. The molecule has 0 unspecified atom stereocenters. The smallest absolute Gasteiger partial charge is 0.230 e. The summed E-state index contributed by atoms with van der Waals surface area (Å²) in [5, 5.41) is 2.53. The number of thiazole rings is 1. The van der Waals surface area contributed by atoms with E-state index in [4.69, 9.17) is 0 Å². The summed E-state index contributed by atoms with van der Waals surface area (Å²) >= 11 is 1.36. The van der Waals surface area contributed by atoms with Gasteiger partial charge in [-0.15, -0.1) is 0 Å². The van der Waals surface area contributed by atoms with Crippen LogP contribution in [0.3, 0.4) is 0 Å². The van der Waals surface area contributed by atoms with Crippen molar-refractivity contribution in [1.29, 1.82) is 0 Å². The molecule has 0 saturated carbocycles. The van der Waals surface area contributed by atoms with Gasteiger partial charge in [0.15, 0.2) is 22.0 Å². The highest BCUT2D eigenvalue weighted by molar-refractivity contribution is 7.21. The van der Waals surface area contributed by atoms with Gasteiger partial charge in [-0.05, 0) is 29.0 Å². The molecular weight excluding hydrogens is 434 g/mol. The predicted octanol–water partition coefficient (Wildman–Crippen LogP) is 5.44. The Labute approximate surface area is 191 Å². The first kappa shape index (κ1) is 19.5. The summed E-state index contributed by atoms with van der Waals surface area (Å²) in [6, 6.07) is 20.7. The molecule has 0 aliphatic heterocycles. The fourth-order valence-electron chi connectivity index (χ4n) is 4.17. The lowest BCUT2D eigenvalue weighted by Gasteiger charge is -2.01. The minimum Gasteiger partial charge on any atom is -0.288 e. The van der Waals surface area contributed by atoms with Gasteiger partial charge in [0.2, 0.25) is 5.91 Å². The molecule has 0 N–H and O–H groups in total. The second-order valence-electron chi connectivity index (χ2n) is 7.80. The highest BCUT2D eigenvalue weighted by Gasteiger charge is 2.34. The van der Waals surface area contributed by atoms with Gasteiger partial charge in [0.05, 0.1) is 5.57 Å². The van der Waals surface area contributed by atoms with Crippen LogP contribution in [0.1, 0.15) is 38.3 Å². The summed E-state index contributed by atoms with van der Waals surface area (Å²) in [5.41, 5.74) is 2.09. The van der Waals surface area contributed by atoms with Gasteiger partial charge in [-0.3, -0.25) is 14.4 Å². The van der Waals surface area contributed by atoms with Gasteiger partial charge in [-0.25, -0.2) is 14.5 Å². The van der Waals surface area contributed by atoms with Crippen molar-refractivity contribution in [1.82, 2.24) is 14.5 Å². The Hall–Kier alpha value is -4.23. The molecule has 0 atom stereocenters. The van der Waals surface area contributed by atoms with Crippen LogP contribution in [0, 0.1) is 0 Å². The molecule has 33 heavy (non-hydrogen) atoms. The van der Waals surface area contributed by atoms with Crippen LogP contribution in [0.5, 0.6) is 0 Å². The standard InChI is InChI=1S/C26H15N3O3S/c1-14(30)29-21(27-26-24(29)28-25(33-26)15-7-3-2-4-8-15)13-20-22(31)18-11-16-9-5-6-10-17(16)12-19(18)23(20)32/h2-13H,1H3. The molecule has 6 rings (SSSR count). The molecule has 1 aliphatic rings. The maximum atomic E-state index is 13.1. The van der Waals surface area contributed by atoms with E-state index < -0.39 is 0 Å². The fourth-order valence-corrected chi connectivity index (χ4v) is 5.10. The average Bonchev–Trinajstić information content (AvgIpc) is 3.44. The van der Waals surface area contributed by atoms with Crippen LogP contribution in [0.25, 0.3) is 37.9 Å². The average molecular weight is 449 g/mol. The molecule has 2 aromatic heterocycles. The van der Waals surface area contributed by atoms with Crippen molar-refractivity contribution < 1.29 is 14.4 Å². The molecular formula is C26H15N3O3S. The summed E-state index contributed by atoms with van der Waals surface area (Å²) in [6.45, 7) is 1.41. The number of imidazole rings is 1. The van der Waals surface area contributed by atoms with Crippen LogP contribution in [-0.4, -0.2) is 32.0 Å². The highest BCUT2D eigenvalue weighted by atomic mass is 32.1. The number of hydrogen-bond acceptors (Lipinski definition) is 6. The minimum absolute atomic E-state index is 0.00346. The Balaban J connectivity index is 1.48. The Bertz CT molecular complexity index is 1620. The second-order valence-corrected chi connectivity index (χ2v) is 8.78. The molecule has 7 heteroatoms. The van der Waals surface area contributed by atoms with Crippen molar-refractivity contribution >= 4 is 56.1 Å². The van der Waals surface area contributed by atoms with Crippen molar-refractivity contribution in [3.8, 4) is 10.6 Å².